The van der Waals surface area contributed by atoms with E-state index in [0.717, 1.165) is 4.57 Å². The molecule has 1 aliphatic rings. The average molecular weight is 567 g/mol. The van der Waals surface area contributed by atoms with Gasteiger partial charge in [0.1, 0.15) is 23.4 Å². The standard InChI is InChI=1S/C23H31N6O9P/c1-13(2)36-20(32)15(4)26-39(34,38-16-9-7-6-8-10-16)35-12-17-18(30)23(5,27-28-24)21(37-17)29-11-14(3)19(31)25-22(29)33/h6-11,13,15,17-18,21,30H,12H2,1-5H3,(H,26,34)(H,25,31,33)/t15-,17-,18-,21-,23-,39-/m1/s1. The molecule has 1 aliphatic heterocycles. The molecule has 0 saturated carbocycles. The highest BCUT2D eigenvalue weighted by Crippen LogP contribution is 2.47. The molecule has 3 rings (SSSR count). The number of aromatic nitrogens is 2. The van der Waals surface area contributed by atoms with Crippen LogP contribution < -0.4 is 20.9 Å². The van der Waals surface area contributed by atoms with Crippen LogP contribution in [0.3, 0.4) is 0 Å². The van der Waals surface area contributed by atoms with Gasteiger partial charge in [-0.25, -0.2) is 9.36 Å². The molecule has 1 aromatic carbocycles. The predicted molar refractivity (Wildman–Crippen MR) is 138 cm³/mol. The zero-order chi connectivity index (χ0) is 29.0. The molecule has 212 valence electrons. The van der Waals surface area contributed by atoms with Gasteiger partial charge in [-0.3, -0.25) is 23.7 Å². The smallest absolute Gasteiger partial charge is 0.459 e. The molecule has 0 amide bonds. The number of aromatic amines is 1. The van der Waals surface area contributed by atoms with Gasteiger partial charge in [-0.1, -0.05) is 23.3 Å². The third-order valence-electron chi connectivity index (χ3n) is 5.85. The minimum Gasteiger partial charge on any atom is -0.462 e. The number of hydrogen-bond donors (Lipinski definition) is 3. The molecule has 0 radical (unpaired) electrons. The fourth-order valence-electron chi connectivity index (χ4n) is 3.85. The zero-order valence-corrected chi connectivity index (χ0v) is 22.9. The Morgan fingerprint density at radius 1 is 1.33 bits per heavy atom. The minimum atomic E-state index is -4.31. The third kappa shape index (κ3) is 6.95. The van der Waals surface area contributed by atoms with E-state index in [0.29, 0.717) is 0 Å². The number of ether oxygens (including phenoxy) is 2. The number of carbonyl (C=O) groups is 1. The Bertz CT molecular complexity index is 1390. The topological polar surface area (TPSA) is 207 Å². The summed E-state index contributed by atoms with van der Waals surface area (Å²) < 4.78 is 36.9. The summed E-state index contributed by atoms with van der Waals surface area (Å²) in [7, 11) is -4.31. The predicted octanol–water partition coefficient (Wildman–Crippen LogP) is 2.31. The third-order valence-corrected chi connectivity index (χ3v) is 7.49. The Labute approximate surface area is 223 Å². The number of nitrogens with one attached hydrogen (secondary N) is 2. The number of hydrogen-bond acceptors (Lipinski definition) is 10. The summed E-state index contributed by atoms with van der Waals surface area (Å²) in [6.45, 7) is 6.97. The number of aliphatic hydroxyl groups excluding tert-OH is 1. The number of para-hydroxylation sites is 1. The lowest BCUT2D eigenvalue weighted by Crippen LogP contribution is -2.45. The summed E-state index contributed by atoms with van der Waals surface area (Å²) in [6, 6.07) is 6.93. The van der Waals surface area contributed by atoms with Crippen molar-refractivity contribution in [3.05, 3.63) is 73.4 Å². The average Bonchev–Trinajstić information content (AvgIpc) is 3.10. The summed E-state index contributed by atoms with van der Waals surface area (Å²) in [5.74, 6) is -0.538. The Hall–Kier alpha value is -3.45. The van der Waals surface area contributed by atoms with E-state index >= 15 is 0 Å². The Balaban J connectivity index is 1.89. The van der Waals surface area contributed by atoms with Crippen molar-refractivity contribution in [2.75, 3.05) is 6.61 Å². The highest BCUT2D eigenvalue weighted by atomic mass is 31.2. The van der Waals surface area contributed by atoms with Crippen molar-refractivity contribution in [1.29, 1.82) is 0 Å². The van der Waals surface area contributed by atoms with Crippen LogP contribution in [-0.4, -0.2) is 57.1 Å². The zero-order valence-electron chi connectivity index (χ0n) is 22.0. The molecule has 16 heteroatoms. The molecule has 39 heavy (non-hydrogen) atoms. The lowest BCUT2D eigenvalue weighted by Gasteiger charge is -2.28. The molecule has 1 fully saturated rings. The Kier molecular flexibility index (Phi) is 9.38. The lowest BCUT2D eigenvalue weighted by atomic mass is 9.93. The maximum atomic E-state index is 13.7. The number of nitrogens with zero attached hydrogens (tertiary/aromatic N) is 4. The van der Waals surface area contributed by atoms with Crippen molar-refractivity contribution in [1.82, 2.24) is 14.6 Å². The minimum absolute atomic E-state index is 0.165. The van der Waals surface area contributed by atoms with Crippen molar-refractivity contribution in [3.8, 4) is 5.75 Å². The van der Waals surface area contributed by atoms with E-state index in [2.05, 4.69) is 20.1 Å². The molecule has 3 N–H and O–H groups in total. The molecular weight excluding hydrogens is 535 g/mol. The SMILES string of the molecule is Cc1cn([C@@H]2O[C@H](CO[P@](=O)(N[C@H](C)C(=O)OC(C)C)Oc3ccccc3)[C@@H](O)[C@@]2(C)N=[N+]=[N-])c(=O)[nH]c1=O. The van der Waals surface area contributed by atoms with Crippen LogP contribution in [0, 0.1) is 6.92 Å². The first-order valence-electron chi connectivity index (χ1n) is 12.0. The lowest BCUT2D eigenvalue weighted by molar-refractivity contribution is -0.149. The summed E-state index contributed by atoms with van der Waals surface area (Å²) >= 11 is 0. The first-order valence-corrected chi connectivity index (χ1v) is 13.5. The van der Waals surface area contributed by atoms with Gasteiger partial charge in [-0.15, -0.1) is 0 Å². The van der Waals surface area contributed by atoms with Gasteiger partial charge in [0, 0.05) is 16.7 Å². The van der Waals surface area contributed by atoms with Gasteiger partial charge in [-0.05, 0) is 52.3 Å². The van der Waals surface area contributed by atoms with Crippen molar-refractivity contribution in [2.45, 2.75) is 70.7 Å². The number of aryl methyl sites for hydroxylation is 1. The second-order valence-corrected chi connectivity index (χ2v) is 11.1. The van der Waals surface area contributed by atoms with Gasteiger partial charge < -0.3 is 19.1 Å². The molecule has 1 aromatic heterocycles. The van der Waals surface area contributed by atoms with Gasteiger partial charge in [0.25, 0.3) is 5.56 Å². The van der Waals surface area contributed by atoms with Gasteiger partial charge in [0.2, 0.25) is 0 Å². The van der Waals surface area contributed by atoms with E-state index < -0.39 is 67.7 Å². The van der Waals surface area contributed by atoms with Crippen molar-refractivity contribution in [2.24, 2.45) is 5.11 Å². The summed E-state index contributed by atoms with van der Waals surface area (Å²) in [6.07, 6.45) is -3.40. The fraction of sp³-hybridized carbons (Fsp3) is 0.522. The maximum absolute atomic E-state index is 13.7. The van der Waals surface area contributed by atoms with E-state index in [-0.39, 0.29) is 11.3 Å². The van der Waals surface area contributed by atoms with Crippen LogP contribution in [-0.2, 0) is 23.4 Å². The number of carbonyl (C=O) groups excluding carboxylic acids is 1. The summed E-state index contributed by atoms with van der Waals surface area (Å²) in [5, 5.41) is 17.2. The number of H-pyrrole nitrogens is 1. The summed E-state index contributed by atoms with van der Waals surface area (Å²) in [4.78, 5) is 41.6. The van der Waals surface area contributed by atoms with Crippen LogP contribution in [0.25, 0.3) is 10.4 Å². The normalized spacial score (nSPS) is 24.9. The first kappa shape index (κ1) is 30.1. The van der Waals surface area contributed by atoms with Gasteiger partial charge >= 0.3 is 19.4 Å². The quantitative estimate of drug-likeness (QED) is 0.119. The van der Waals surface area contributed by atoms with E-state index in [9.17, 15) is 24.1 Å². The van der Waals surface area contributed by atoms with E-state index in [1.165, 1.54) is 39.1 Å². The Morgan fingerprint density at radius 2 is 2.00 bits per heavy atom. The van der Waals surface area contributed by atoms with Crippen LogP contribution in [0.2, 0.25) is 0 Å². The second-order valence-electron chi connectivity index (χ2n) is 9.40. The molecular formula is C23H31N6O9P. The Morgan fingerprint density at radius 3 is 2.62 bits per heavy atom. The number of benzene rings is 1. The second kappa shape index (κ2) is 12.2. The van der Waals surface area contributed by atoms with Crippen LogP contribution in [0.5, 0.6) is 5.75 Å². The largest absolute Gasteiger partial charge is 0.462 e. The van der Waals surface area contributed by atoms with E-state index in [1.54, 1.807) is 32.0 Å². The molecule has 0 bridgehead atoms. The van der Waals surface area contributed by atoms with Crippen molar-refractivity contribution < 1.29 is 33.0 Å². The molecule has 0 aliphatic carbocycles. The molecule has 2 heterocycles. The number of esters is 1. The molecule has 0 spiro atoms. The molecule has 1 saturated heterocycles. The van der Waals surface area contributed by atoms with Crippen LogP contribution in [0.1, 0.15) is 39.5 Å². The number of aliphatic hydroxyl groups is 1. The van der Waals surface area contributed by atoms with Crippen molar-refractivity contribution in [3.63, 3.8) is 0 Å². The van der Waals surface area contributed by atoms with E-state index in [4.69, 9.17) is 24.1 Å². The number of azide groups is 1. The summed E-state index contributed by atoms with van der Waals surface area (Å²) in [5.41, 5.74) is 6.12. The monoisotopic (exact) mass is 566 g/mol. The molecule has 2 aromatic rings. The van der Waals surface area contributed by atoms with Crippen LogP contribution >= 0.6 is 7.75 Å². The van der Waals surface area contributed by atoms with E-state index in [1.807, 2.05) is 0 Å². The molecule has 0 unspecified atom stereocenters. The highest BCUT2D eigenvalue weighted by molar-refractivity contribution is 7.52. The fourth-order valence-corrected chi connectivity index (χ4v) is 5.35. The van der Waals surface area contributed by atoms with Gasteiger partial charge in [0.05, 0.1) is 18.8 Å². The van der Waals surface area contributed by atoms with Gasteiger partial charge in [0.15, 0.2) is 6.23 Å². The van der Waals surface area contributed by atoms with Crippen LogP contribution in [0.4, 0.5) is 0 Å². The number of rotatable bonds is 11. The van der Waals surface area contributed by atoms with Crippen LogP contribution in [0.15, 0.2) is 51.2 Å². The molecule has 15 nitrogen and oxygen atoms in total. The van der Waals surface area contributed by atoms with Crippen molar-refractivity contribution >= 4 is 13.7 Å². The molecule has 6 atom stereocenters. The first-order chi connectivity index (χ1) is 18.3. The van der Waals surface area contributed by atoms with Gasteiger partial charge in [-0.2, -0.15) is 5.09 Å². The maximum Gasteiger partial charge on any atom is 0.459 e. The highest BCUT2D eigenvalue weighted by Gasteiger charge is 2.55.